The van der Waals surface area contributed by atoms with Gasteiger partial charge in [-0.1, -0.05) is 140 Å². The van der Waals surface area contributed by atoms with Crippen LogP contribution in [0.5, 0.6) is 0 Å². The summed E-state index contributed by atoms with van der Waals surface area (Å²) in [7, 11) is 0. The van der Waals surface area contributed by atoms with Crippen molar-refractivity contribution in [3.05, 3.63) is 206 Å². The Morgan fingerprint density at radius 2 is 0.825 bits per heavy atom. The summed E-state index contributed by atoms with van der Waals surface area (Å²) in [5.74, 6) is 1.69. The Morgan fingerprint density at radius 3 is 1.60 bits per heavy atom. The van der Waals surface area contributed by atoms with E-state index in [2.05, 4.69) is 174 Å². The molecule has 0 fully saturated rings. The van der Waals surface area contributed by atoms with Crippen molar-refractivity contribution in [2.45, 2.75) is 0 Å². The second-order valence-electron chi connectivity index (χ2n) is 16.0. The van der Waals surface area contributed by atoms with Crippen molar-refractivity contribution >= 4 is 65.7 Å². The molecule has 6 nitrogen and oxygen atoms in total. The number of rotatable bonds is 6. The zero-order valence-electron chi connectivity index (χ0n) is 33.7. The number of nitrogens with zero attached hydrogens (tertiary/aromatic N) is 4. The van der Waals surface area contributed by atoms with Crippen LogP contribution >= 0.6 is 0 Å². The highest BCUT2D eigenvalue weighted by Crippen LogP contribution is 2.41. The minimum Gasteiger partial charge on any atom is -0.456 e. The number of hydrogen-bond donors (Lipinski definition) is 0. The van der Waals surface area contributed by atoms with Crippen molar-refractivity contribution in [1.82, 2.24) is 19.5 Å². The molecule has 13 rings (SSSR count). The molecule has 0 atom stereocenters. The molecule has 9 aromatic carbocycles. The lowest BCUT2D eigenvalue weighted by atomic mass is 9.97. The van der Waals surface area contributed by atoms with Crippen LogP contribution in [0.3, 0.4) is 0 Å². The first-order valence-electron chi connectivity index (χ1n) is 21.1. The average Bonchev–Trinajstić information content (AvgIpc) is 4.03. The van der Waals surface area contributed by atoms with Crippen LogP contribution in [-0.4, -0.2) is 19.5 Å². The molecule has 0 amide bonds. The molecule has 0 unspecified atom stereocenters. The summed E-state index contributed by atoms with van der Waals surface area (Å²) in [6, 6.07) is 71.6. The molecule has 0 spiro atoms. The number of fused-ring (bicyclic) bond motifs is 9. The summed E-state index contributed by atoms with van der Waals surface area (Å²) in [5.41, 5.74) is 13.8. The molecule has 4 heterocycles. The monoisotopic (exact) mass is 806 g/mol. The van der Waals surface area contributed by atoms with E-state index in [-0.39, 0.29) is 0 Å². The van der Waals surface area contributed by atoms with Gasteiger partial charge in [-0.25, -0.2) is 15.0 Å². The largest absolute Gasteiger partial charge is 0.456 e. The van der Waals surface area contributed by atoms with Gasteiger partial charge in [-0.15, -0.1) is 0 Å². The summed E-state index contributed by atoms with van der Waals surface area (Å²) >= 11 is 0. The van der Waals surface area contributed by atoms with E-state index in [0.29, 0.717) is 17.5 Å². The molecule has 0 aliphatic rings. The molecule has 294 valence electrons. The van der Waals surface area contributed by atoms with Crippen molar-refractivity contribution in [2.24, 2.45) is 0 Å². The third-order valence-corrected chi connectivity index (χ3v) is 12.3. The summed E-state index contributed by atoms with van der Waals surface area (Å²) in [4.78, 5) is 15.3. The van der Waals surface area contributed by atoms with Crippen molar-refractivity contribution < 1.29 is 8.83 Å². The fourth-order valence-electron chi connectivity index (χ4n) is 9.27. The van der Waals surface area contributed by atoms with E-state index < -0.39 is 0 Å². The highest BCUT2D eigenvalue weighted by atomic mass is 16.3. The maximum atomic E-state index is 6.67. The van der Waals surface area contributed by atoms with E-state index in [1.165, 1.54) is 21.8 Å². The quantitative estimate of drug-likeness (QED) is 0.167. The van der Waals surface area contributed by atoms with E-state index in [9.17, 15) is 0 Å². The molecule has 0 aliphatic heterocycles. The molecule has 0 aliphatic carbocycles. The Morgan fingerprint density at radius 1 is 0.302 bits per heavy atom. The highest BCUT2D eigenvalue weighted by Gasteiger charge is 2.19. The lowest BCUT2D eigenvalue weighted by molar-refractivity contribution is 0.668. The van der Waals surface area contributed by atoms with E-state index in [0.717, 1.165) is 88.5 Å². The molecule has 0 bridgehead atoms. The Kier molecular flexibility index (Phi) is 7.80. The van der Waals surface area contributed by atoms with Crippen LogP contribution in [0, 0.1) is 0 Å². The summed E-state index contributed by atoms with van der Waals surface area (Å²) in [5, 5.41) is 6.64. The molecule has 0 saturated heterocycles. The third kappa shape index (κ3) is 5.76. The van der Waals surface area contributed by atoms with E-state index in [1.807, 2.05) is 36.4 Å². The van der Waals surface area contributed by atoms with Crippen LogP contribution in [0.4, 0.5) is 0 Å². The first-order chi connectivity index (χ1) is 31.2. The van der Waals surface area contributed by atoms with Gasteiger partial charge in [0, 0.05) is 54.7 Å². The van der Waals surface area contributed by atoms with Crippen LogP contribution in [0.15, 0.2) is 215 Å². The second kappa shape index (κ2) is 14.0. The van der Waals surface area contributed by atoms with Gasteiger partial charge in [-0.05, 0) is 89.0 Å². The van der Waals surface area contributed by atoms with Gasteiger partial charge in [-0.2, -0.15) is 0 Å². The van der Waals surface area contributed by atoms with Crippen molar-refractivity contribution in [3.63, 3.8) is 0 Å². The Labute approximate surface area is 361 Å². The van der Waals surface area contributed by atoms with E-state index >= 15 is 0 Å². The second-order valence-corrected chi connectivity index (χ2v) is 16.0. The maximum absolute atomic E-state index is 6.67. The standard InChI is InChI=1S/C57H34N4O2/c1-3-12-35(13-4-1)36-22-24-37(25-23-36)55-58-56(39-26-29-45-44-17-8-10-20-50(44)62-52(45)33-39)60-57(59-55)40-27-30-46-53(34-40)63-51-21-11-18-42(54(46)51)38-28-31-49-47(32-38)43-16-7-9-19-48(43)61(49)41-14-5-2-6-15-41/h1-34H. The molecular weight excluding hydrogens is 773 g/mol. The molecule has 0 N–H and O–H groups in total. The summed E-state index contributed by atoms with van der Waals surface area (Å²) in [6.45, 7) is 0. The lowest BCUT2D eigenvalue weighted by Crippen LogP contribution is -2.00. The molecule has 4 aromatic heterocycles. The van der Waals surface area contributed by atoms with Crippen LogP contribution in [-0.2, 0) is 0 Å². The van der Waals surface area contributed by atoms with Gasteiger partial charge in [0.1, 0.15) is 22.3 Å². The minimum absolute atomic E-state index is 0.551. The molecule has 63 heavy (non-hydrogen) atoms. The van der Waals surface area contributed by atoms with Crippen LogP contribution in [0.25, 0.3) is 128 Å². The molecule has 6 heteroatoms. The zero-order chi connectivity index (χ0) is 41.4. The average molecular weight is 807 g/mol. The fourth-order valence-corrected chi connectivity index (χ4v) is 9.27. The van der Waals surface area contributed by atoms with Gasteiger partial charge in [0.05, 0.1) is 11.0 Å². The van der Waals surface area contributed by atoms with Gasteiger partial charge in [0.2, 0.25) is 0 Å². The summed E-state index contributed by atoms with van der Waals surface area (Å²) in [6.07, 6.45) is 0. The van der Waals surface area contributed by atoms with E-state index in [1.54, 1.807) is 0 Å². The number of aromatic nitrogens is 4. The van der Waals surface area contributed by atoms with Crippen molar-refractivity contribution in [1.29, 1.82) is 0 Å². The van der Waals surface area contributed by atoms with Crippen LogP contribution in [0.1, 0.15) is 0 Å². The first-order valence-corrected chi connectivity index (χ1v) is 21.1. The van der Waals surface area contributed by atoms with Gasteiger partial charge in [0.25, 0.3) is 0 Å². The van der Waals surface area contributed by atoms with Gasteiger partial charge >= 0.3 is 0 Å². The third-order valence-electron chi connectivity index (χ3n) is 12.3. The topological polar surface area (TPSA) is 69.9 Å². The van der Waals surface area contributed by atoms with E-state index in [4.69, 9.17) is 23.8 Å². The maximum Gasteiger partial charge on any atom is 0.164 e. The fraction of sp³-hybridized carbons (Fsp3) is 0. The zero-order valence-corrected chi connectivity index (χ0v) is 33.7. The Balaban J connectivity index is 0.942. The Bertz CT molecular complexity index is 3900. The number of para-hydroxylation sites is 3. The van der Waals surface area contributed by atoms with Crippen LogP contribution in [0.2, 0.25) is 0 Å². The number of benzene rings is 9. The molecule has 0 radical (unpaired) electrons. The predicted octanol–water partition coefficient (Wildman–Crippen LogP) is 15.1. The number of furan rings is 2. The van der Waals surface area contributed by atoms with Crippen molar-refractivity contribution in [3.8, 4) is 62.1 Å². The molecule has 13 aromatic rings. The highest BCUT2D eigenvalue weighted by molar-refractivity contribution is 6.15. The minimum atomic E-state index is 0.551. The SMILES string of the molecule is c1ccc(-c2ccc(-c3nc(-c4ccc5c(c4)oc4ccccc45)nc(-c4ccc5c(c4)oc4cccc(-c6ccc7c(c6)c6ccccc6n7-c6ccccc6)c45)n3)cc2)cc1. The normalized spacial score (nSPS) is 11.8. The van der Waals surface area contributed by atoms with Gasteiger partial charge in [-0.3, -0.25) is 0 Å². The molecule has 0 saturated carbocycles. The van der Waals surface area contributed by atoms with Gasteiger partial charge in [0.15, 0.2) is 17.5 Å². The first kappa shape index (κ1) is 35.2. The number of hydrogen-bond acceptors (Lipinski definition) is 5. The predicted molar refractivity (Wildman–Crippen MR) is 256 cm³/mol. The van der Waals surface area contributed by atoms with Gasteiger partial charge < -0.3 is 13.4 Å². The Hall–Kier alpha value is -8.61. The lowest BCUT2D eigenvalue weighted by Gasteiger charge is -2.09. The molecular formula is C57H34N4O2. The van der Waals surface area contributed by atoms with Crippen LogP contribution < -0.4 is 0 Å². The summed E-state index contributed by atoms with van der Waals surface area (Å²) < 4.78 is 15.3. The smallest absolute Gasteiger partial charge is 0.164 e. The van der Waals surface area contributed by atoms with Crippen molar-refractivity contribution in [2.75, 3.05) is 0 Å².